The number of ether oxygens (including phenoxy) is 2. The van der Waals surface area contributed by atoms with E-state index in [9.17, 15) is 9.59 Å². The first-order chi connectivity index (χ1) is 27.2. The number of alkyl carbamates (subject to hydrolysis) is 1. The van der Waals surface area contributed by atoms with Gasteiger partial charge in [-0.3, -0.25) is 9.36 Å². The van der Waals surface area contributed by atoms with Gasteiger partial charge < -0.3 is 34.0 Å². The van der Waals surface area contributed by atoms with Gasteiger partial charge in [0.1, 0.15) is 23.4 Å². The number of carbonyl (C=O) groups excluding carboxylic acids is 2. The second kappa shape index (κ2) is 13.7. The molecule has 5 aromatic rings. The van der Waals surface area contributed by atoms with Gasteiger partial charge >= 0.3 is 13.2 Å². The Balaban J connectivity index is 1.09. The summed E-state index contributed by atoms with van der Waals surface area (Å²) in [5.41, 5.74) is 1.07. The Morgan fingerprint density at radius 1 is 1.05 bits per heavy atom. The number of likely N-dealkylation sites (tertiary alicyclic amines) is 1. The lowest BCUT2D eigenvalue weighted by molar-refractivity contribution is -0.135. The van der Waals surface area contributed by atoms with Crippen LogP contribution in [-0.4, -0.2) is 74.4 Å². The van der Waals surface area contributed by atoms with Crippen LogP contribution in [0.3, 0.4) is 0 Å². The number of benzene rings is 2. The summed E-state index contributed by atoms with van der Waals surface area (Å²) in [6.45, 7) is 12.1. The minimum atomic E-state index is -0.815. The highest BCUT2D eigenvalue weighted by Gasteiger charge is 2.52. The zero-order chi connectivity index (χ0) is 40.1. The van der Waals surface area contributed by atoms with E-state index in [4.69, 9.17) is 23.8 Å². The van der Waals surface area contributed by atoms with Crippen LogP contribution in [0.2, 0.25) is 0 Å². The third-order valence-corrected chi connectivity index (χ3v) is 13.3. The van der Waals surface area contributed by atoms with E-state index >= 15 is 8.78 Å². The van der Waals surface area contributed by atoms with E-state index in [-0.39, 0.29) is 34.9 Å². The van der Waals surface area contributed by atoms with Gasteiger partial charge in [0.25, 0.3) is 0 Å². The Morgan fingerprint density at radius 3 is 2.51 bits per heavy atom. The maximum atomic E-state index is 17.1. The molecule has 0 radical (unpaired) electrons. The normalized spacial score (nSPS) is 21.4. The van der Waals surface area contributed by atoms with Crippen LogP contribution in [0, 0.1) is 17.6 Å². The van der Waals surface area contributed by atoms with Crippen LogP contribution >= 0.6 is 11.3 Å². The summed E-state index contributed by atoms with van der Waals surface area (Å²) in [5, 5.41) is 3.97. The maximum Gasteiger partial charge on any atom is 0.494 e. The molecule has 6 heterocycles. The first-order valence-electron chi connectivity index (χ1n) is 19.5. The highest BCUT2D eigenvalue weighted by molar-refractivity contribution is 7.11. The van der Waals surface area contributed by atoms with Gasteiger partial charge in [-0.05, 0) is 83.0 Å². The van der Waals surface area contributed by atoms with Crippen molar-refractivity contribution in [3.05, 3.63) is 70.1 Å². The average Bonchev–Trinajstić information content (AvgIpc) is 3.58. The van der Waals surface area contributed by atoms with Crippen molar-refractivity contribution in [2.45, 2.75) is 103 Å². The average molecular weight is 799 g/mol. The summed E-state index contributed by atoms with van der Waals surface area (Å²) < 4.78 is 59.5. The van der Waals surface area contributed by atoms with Gasteiger partial charge in [0.15, 0.2) is 5.82 Å². The van der Waals surface area contributed by atoms with Crippen molar-refractivity contribution in [2.24, 2.45) is 5.92 Å². The SMILES string of the molecule is COC(=O)NC(C(=O)N1CCCC1c1ncc(-c2cc(F)c3c(c2)OC(c2cnc(C4CC4)s2)n2c-3c(F)c3cc(B4OC(C)(C)C(C)(C)O4)ccc32)[nH]1)C(C)C. The fraction of sp³-hybridized carbons (Fsp3) is 0.463. The number of nitrogens with one attached hydrogen (secondary N) is 2. The Labute approximate surface area is 333 Å². The number of amides is 2. The third-order valence-electron chi connectivity index (χ3n) is 12.1. The van der Waals surface area contributed by atoms with E-state index in [1.54, 1.807) is 34.0 Å². The van der Waals surface area contributed by atoms with Gasteiger partial charge in [-0.25, -0.2) is 23.5 Å². The quantitative estimate of drug-likeness (QED) is 0.154. The predicted octanol–water partition coefficient (Wildman–Crippen LogP) is 7.59. The van der Waals surface area contributed by atoms with E-state index in [0.29, 0.717) is 52.3 Å². The second-order valence-electron chi connectivity index (χ2n) is 16.8. The van der Waals surface area contributed by atoms with Gasteiger partial charge in [-0.1, -0.05) is 26.0 Å². The van der Waals surface area contributed by atoms with Crippen LogP contribution in [-0.2, 0) is 18.8 Å². The molecule has 0 bridgehead atoms. The lowest BCUT2D eigenvalue weighted by Crippen LogP contribution is -2.51. The molecule has 4 aliphatic rings. The fourth-order valence-corrected chi connectivity index (χ4v) is 9.20. The van der Waals surface area contributed by atoms with E-state index in [1.165, 1.54) is 24.5 Å². The van der Waals surface area contributed by atoms with Gasteiger partial charge in [0.2, 0.25) is 12.1 Å². The number of methoxy groups -OCH3 is 1. The molecule has 3 unspecified atom stereocenters. The number of halogens is 2. The minimum absolute atomic E-state index is 0.0120. The standard InChI is InChI=1S/C41H45BF2N6O6S/c1-20(2)33(48-39(52)53-7)37(51)49-14-8-9-28(49)35-45-18-26(47-35)22-15-25(43)31-29(16-22)54-38(30-19-46-36(57-30)21-10-11-21)50-27-13-12-23(17-24(27)32(44)34(31)50)42-55-40(3,4)41(5,6)56-42/h12-13,15-21,28,33,38H,8-11,14H2,1-7H3,(H,45,47)(H,48,52). The summed E-state index contributed by atoms with van der Waals surface area (Å²) >= 11 is 1.53. The molecule has 2 saturated heterocycles. The second-order valence-corrected chi connectivity index (χ2v) is 17.9. The maximum absolute atomic E-state index is 17.1. The number of nitrogens with zero attached hydrogens (tertiary/aromatic N) is 4. The molecule has 3 atom stereocenters. The zero-order valence-corrected chi connectivity index (χ0v) is 33.8. The number of hydrogen-bond acceptors (Lipinski definition) is 9. The van der Waals surface area contributed by atoms with Crippen LogP contribution < -0.4 is 15.5 Å². The highest BCUT2D eigenvalue weighted by Crippen LogP contribution is 2.50. The zero-order valence-electron chi connectivity index (χ0n) is 32.9. The molecule has 2 aromatic carbocycles. The van der Waals surface area contributed by atoms with Crippen LogP contribution in [0.15, 0.2) is 42.7 Å². The van der Waals surface area contributed by atoms with Crippen LogP contribution in [0.5, 0.6) is 5.75 Å². The summed E-state index contributed by atoms with van der Waals surface area (Å²) in [7, 11) is 0.549. The van der Waals surface area contributed by atoms with E-state index < -0.39 is 48.3 Å². The Kier molecular flexibility index (Phi) is 9.05. The molecule has 12 nitrogen and oxygen atoms in total. The first-order valence-corrected chi connectivity index (χ1v) is 20.3. The smallest absolute Gasteiger partial charge is 0.464 e. The molecule has 1 saturated carbocycles. The lowest BCUT2D eigenvalue weighted by Gasteiger charge is -2.32. The van der Waals surface area contributed by atoms with Gasteiger partial charge in [0, 0.05) is 29.6 Å². The molecule has 298 valence electrons. The molecule has 3 aliphatic heterocycles. The highest BCUT2D eigenvalue weighted by atomic mass is 32.1. The Morgan fingerprint density at radius 2 is 1.81 bits per heavy atom. The van der Waals surface area contributed by atoms with Crippen molar-refractivity contribution in [2.75, 3.05) is 13.7 Å². The fourth-order valence-electron chi connectivity index (χ4n) is 8.09. The number of hydrogen-bond donors (Lipinski definition) is 2. The number of carbonyl (C=O) groups is 2. The topological polar surface area (TPSA) is 133 Å². The molecular weight excluding hydrogens is 753 g/mol. The number of fused-ring (bicyclic) bond motifs is 5. The summed E-state index contributed by atoms with van der Waals surface area (Å²) in [4.78, 5) is 40.9. The molecule has 1 aliphatic carbocycles. The summed E-state index contributed by atoms with van der Waals surface area (Å²) in [6, 6.07) is 7.29. The molecule has 2 amide bonds. The number of imidazole rings is 1. The van der Waals surface area contributed by atoms with Crippen molar-refractivity contribution >= 4 is 46.8 Å². The van der Waals surface area contributed by atoms with Crippen molar-refractivity contribution in [3.63, 3.8) is 0 Å². The van der Waals surface area contributed by atoms with Crippen LogP contribution in [0.1, 0.15) is 101 Å². The molecule has 16 heteroatoms. The van der Waals surface area contributed by atoms with Crippen molar-refractivity contribution in [1.82, 2.24) is 29.7 Å². The molecular formula is C41H45BF2N6O6S. The third kappa shape index (κ3) is 6.31. The number of H-pyrrole nitrogens is 1. The molecule has 3 aromatic heterocycles. The molecule has 9 rings (SSSR count). The van der Waals surface area contributed by atoms with Crippen molar-refractivity contribution < 1.29 is 37.2 Å². The largest absolute Gasteiger partial charge is 0.494 e. The number of rotatable bonds is 8. The van der Waals surface area contributed by atoms with E-state index in [1.807, 2.05) is 53.7 Å². The van der Waals surface area contributed by atoms with Crippen LogP contribution in [0.4, 0.5) is 13.6 Å². The van der Waals surface area contributed by atoms with Gasteiger partial charge in [-0.15, -0.1) is 11.3 Å². The first kappa shape index (κ1) is 37.8. The molecule has 3 fully saturated rings. The molecule has 2 N–H and O–H groups in total. The number of aromatic amines is 1. The van der Waals surface area contributed by atoms with Crippen LogP contribution in [0.25, 0.3) is 33.4 Å². The Hall–Kier alpha value is -4.80. The monoisotopic (exact) mass is 798 g/mol. The van der Waals surface area contributed by atoms with E-state index in [0.717, 1.165) is 29.1 Å². The summed E-state index contributed by atoms with van der Waals surface area (Å²) in [5.74, 6) is -0.534. The number of thiazole rings is 1. The predicted molar refractivity (Wildman–Crippen MR) is 211 cm³/mol. The van der Waals surface area contributed by atoms with Crippen molar-refractivity contribution in [3.8, 4) is 28.3 Å². The molecule has 0 spiro atoms. The van der Waals surface area contributed by atoms with Gasteiger partial charge in [0.05, 0.1) is 62.9 Å². The van der Waals surface area contributed by atoms with Crippen molar-refractivity contribution in [1.29, 1.82) is 0 Å². The minimum Gasteiger partial charge on any atom is -0.464 e. The number of aromatic nitrogens is 4. The lowest BCUT2D eigenvalue weighted by atomic mass is 9.78. The van der Waals surface area contributed by atoms with E-state index in [2.05, 4.69) is 15.3 Å². The summed E-state index contributed by atoms with van der Waals surface area (Å²) in [6.07, 6.45) is 5.44. The van der Waals surface area contributed by atoms with Gasteiger partial charge in [-0.2, -0.15) is 0 Å². The Bertz CT molecular complexity index is 2410. The molecule has 57 heavy (non-hydrogen) atoms.